The van der Waals surface area contributed by atoms with Gasteiger partial charge in [0, 0.05) is 25.7 Å². The second kappa shape index (κ2) is 6.52. The van der Waals surface area contributed by atoms with Crippen molar-refractivity contribution in [2.75, 3.05) is 40.4 Å². The molecule has 2 fully saturated rings. The lowest BCUT2D eigenvalue weighted by atomic mass is 10.1. The molecule has 0 bridgehead atoms. The molecule has 2 aliphatic heterocycles. The molecule has 0 aliphatic carbocycles. The third-order valence-electron chi connectivity index (χ3n) is 4.37. The van der Waals surface area contributed by atoms with Crippen LogP contribution >= 0.6 is 0 Å². The molecule has 0 aromatic heterocycles. The molecule has 1 N–H and O–H groups in total. The molecule has 0 saturated carbocycles. The minimum atomic E-state index is -3.83. The number of nitrogens with one attached hydrogen (secondary N) is 1. The van der Waals surface area contributed by atoms with Crippen LogP contribution in [0.4, 0.5) is 0 Å². The first-order valence-corrected chi connectivity index (χ1v) is 9.12. The summed E-state index contributed by atoms with van der Waals surface area (Å²) in [6.45, 7) is 0.196. The molecule has 3 rings (SSSR count). The number of amides is 2. The highest BCUT2D eigenvalue weighted by molar-refractivity contribution is 7.89. The van der Waals surface area contributed by atoms with Gasteiger partial charge in [0.2, 0.25) is 21.8 Å². The van der Waals surface area contributed by atoms with E-state index in [4.69, 9.17) is 9.47 Å². The number of piperazine rings is 2. The van der Waals surface area contributed by atoms with E-state index in [0.29, 0.717) is 11.5 Å². The van der Waals surface area contributed by atoms with Crippen molar-refractivity contribution in [3.63, 3.8) is 0 Å². The second-order valence-corrected chi connectivity index (χ2v) is 7.64. The molecule has 9 nitrogen and oxygen atoms in total. The number of rotatable bonds is 4. The van der Waals surface area contributed by atoms with Gasteiger partial charge in [-0.05, 0) is 12.1 Å². The molecule has 25 heavy (non-hydrogen) atoms. The number of methoxy groups -OCH3 is 2. The first-order chi connectivity index (χ1) is 11.9. The average molecular weight is 369 g/mol. The summed E-state index contributed by atoms with van der Waals surface area (Å²) in [6, 6.07) is 3.52. The minimum absolute atomic E-state index is 0.0427. The Hall–Kier alpha value is -2.33. The van der Waals surface area contributed by atoms with Crippen LogP contribution in [0.1, 0.15) is 0 Å². The van der Waals surface area contributed by atoms with Gasteiger partial charge in [-0.25, -0.2) is 8.42 Å². The fourth-order valence-corrected chi connectivity index (χ4v) is 4.46. The lowest BCUT2D eigenvalue weighted by molar-refractivity contribution is -0.147. The zero-order valence-corrected chi connectivity index (χ0v) is 14.7. The number of carbonyl (C=O) groups excluding carboxylic acids is 2. The molecule has 0 radical (unpaired) electrons. The van der Waals surface area contributed by atoms with E-state index in [2.05, 4.69) is 5.32 Å². The third-order valence-corrected chi connectivity index (χ3v) is 6.23. The van der Waals surface area contributed by atoms with Crippen molar-refractivity contribution in [1.29, 1.82) is 0 Å². The van der Waals surface area contributed by atoms with Gasteiger partial charge in [-0.3, -0.25) is 9.59 Å². The van der Waals surface area contributed by atoms with Crippen LogP contribution in [0.15, 0.2) is 23.1 Å². The van der Waals surface area contributed by atoms with Crippen LogP contribution in [0.2, 0.25) is 0 Å². The zero-order chi connectivity index (χ0) is 18.2. The molecule has 2 saturated heterocycles. The maximum Gasteiger partial charge on any atom is 0.244 e. The summed E-state index contributed by atoms with van der Waals surface area (Å²) in [5, 5.41) is 2.49. The average Bonchev–Trinajstić information content (AvgIpc) is 2.63. The summed E-state index contributed by atoms with van der Waals surface area (Å²) >= 11 is 0. The van der Waals surface area contributed by atoms with E-state index >= 15 is 0 Å². The quantitative estimate of drug-likeness (QED) is 0.733. The summed E-state index contributed by atoms with van der Waals surface area (Å²) in [6.07, 6.45) is 0. The van der Waals surface area contributed by atoms with E-state index in [-0.39, 0.29) is 42.9 Å². The molecule has 0 spiro atoms. The topological polar surface area (TPSA) is 105 Å². The summed E-state index contributed by atoms with van der Waals surface area (Å²) in [4.78, 5) is 25.3. The molecule has 1 aromatic carbocycles. The fourth-order valence-electron chi connectivity index (χ4n) is 3.01. The largest absolute Gasteiger partial charge is 0.493 e. The van der Waals surface area contributed by atoms with Crippen LogP contribution in [-0.4, -0.2) is 75.9 Å². The van der Waals surface area contributed by atoms with E-state index in [1.54, 1.807) is 0 Å². The highest BCUT2D eigenvalue weighted by Crippen LogP contribution is 2.31. The first kappa shape index (κ1) is 17.5. The molecular weight excluding hydrogens is 350 g/mol. The van der Waals surface area contributed by atoms with Gasteiger partial charge in [0.25, 0.3) is 0 Å². The van der Waals surface area contributed by atoms with E-state index in [1.807, 2.05) is 0 Å². The van der Waals surface area contributed by atoms with Crippen molar-refractivity contribution < 1.29 is 27.5 Å². The molecule has 2 aliphatic rings. The molecule has 1 atom stereocenters. The van der Waals surface area contributed by atoms with Gasteiger partial charge in [-0.2, -0.15) is 4.31 Å². The van der Waals surface area contributed by atoms with Crippen LogP contribution in [0.5, 0.6) is 11.5 Å². The van der Waals surface area contributed by atoms with Gasteiger partial charge in [-0.15, -0.1) is 0 Å². The minimum Gasteiger partial charge on any atom is -0.493 e. The Balaban J connectivity index is 1.88. The number of nitrogens with zero attached hydrogens (tertiary/aromatic N) is 2. The van der Waals surface area contributed by atoms with Crippen LogP contribution in [0.25, 0.3) is 0 Å². The van der Waals surface area contributed by atoms with Crippen molar-refractivity contribution in [3.8, 4) is 11.5 Å². The zero-order valence-electron chi connectivity index (χ0n) is 13.9. The van der Waals surface area contributed by atoms with E-state index in [9.17, 15) is 18.0 Å². The third kappa shape index (κ3) is 3.02. The Labute approximate surface area is 145 Å². The van der Waals surface area contributed by atoms with Crippen molar-refractivity contribution >= 4 is 21.8 Å². The summed E-state index contributed by atoms with van der Waals surface area (Å²) in [7, 11) is -0.947. The fraction of sp³-hybridized carbons (Fsp3) is 0.467. The Morgan fingerprint density at radius 2 is 1.84 bits per heavy atom. The molecule has 1 aromatic rings. The van der Waals surface area contributed by atoms with Crippen LogP contribution in [0.3, 0.4) is 0 Å². The Kier molecular flexibility index (Phi) is 4.56. The monoisotopic (exact) mass is 369 g/mol. The van der Waals surface area contributed by atoms with E-state index in [0.717, 1.165) is 0 Å². The highest BCUT2D eigenvalue weighted by atomic mass is 32.2. The highest BCUT2D eigenvalue weighted by Gasteiger charge is 2.42. The Morgan fingerprint density at radius 3 is 2.52 bits per heavy atom. The lowest BCUT2D eigenvalue weighted by Crippen LogP contribution is -2.66. The van der Waals surface area contributed by atoms with Gasteiger partial charge >= 0.3 is 0 Å². The van der Waals surface area contributed by atoms with Crippen LogP contribution in [-0.2, 0) is 19.6 Å². The van der Waals surface area contributed by atoms with Gasteiger partial charge in [-0.1, -0.05) is 0 Å². The van der Waals surface area contributed by atoms with Crippen LogP contribution in [0, 0.1) is 0 Å². The van der Waals surface area contributed by atoms with Gasteiger partial charge in [0.15, 0.2) is 11.5 Å². The van der Waals surface area contributed by atoms with Crippen molar-refractivity contribution in [3.05, 3.63) is 18.2 Å². The normalized spacial score (nSPS) is 21.5. The first-order valence-electron chi connectivity index (χ1n) is 7.68. The SMILES string of the molecule is COc1ccc(S(=O)(=O)N2CCN3C(=O)CNC(=O)[C@H]3C2)cc1OC. The predicted octanol–water partition coefficient (Wildman–Crippen LogP) is -0.965. The second-order valence-electron chi connectivity index (χ2n) is 5.70. The number of carbonyl (C=O) groups is 2. The number of hydrogen-bond donors (Lipinski definition) is 1. The van der Waals surface area contributed by atoms with Crippen LogP contribution < -0.4 is 14.8 Å². The maximum absolute atomic E-state index is 12.9. The standard InChI is InChI=1S/C15H19N3O6S/c1-23-12-4-3-10(7-13(12)24-2)25(21,22)17-5-6-18-11(9-17)15(20)16-8-14(18)19/h3-4,7,11H,5-6,8-9H2,1-2H3,(H,16,20)/t11-/m1/s1. The lowest BCUT2D eigenvalue weighted by Gasteiger charge is -2.42. The molecule has 136 valence electrons. The molecule has 2 amide bonds. The van der Waals surface area contributed by atoms with Gasteiger partial charge in [0.1, 0.15) is 6.04 Å². The van der Waals surface area contributed by atoms with Crippen molar-refractivity contribution in [1.82, 2.24) is 14.5 Å². The van der Waals surface area contributed by atoms with Crippen molar-refractivity contribution in [2.45, 2.75) is 10.9 Å². The van der Waals surface area contributed by atoms with E-state index < -0.39 is 16.1 Å². The summed E-state index contributed by atoms with van der Waals surface area (Å²) < 4.78 is 37.3. The molecule has 2 heterocycles. The number of hydrogen-bond acceptors (Lipinski definition) is 6. The Bertz CT molecular complexity index is 809. The van der Waals surface area contributed by atoms with E-state index in [1.165, 1.54) is 41.6 Å². The predicted molar refractivity (Wildman–Crippen MR) is 86.8 cm³/mol. The van der Waals surface area contributed by atoms with Gasteiger partial charge < -0.3 is 19.7 Å². The number of sulfonamides is 1. The molecule has 10 heteroatoms. The Morgan fingerprint density at radius 1 is 1.12 bits per heavy atom. The summed E-state index contributed by atoms with van der Waals surface area (Å²) in [5.41, 5.74) is 0. The molecule has 0 unspecified atom stereocenters. The number of fused-ring (bicyclic) bond motifs is 1. The summed E-state index contributed by atoms with van der Waals surface area (Å²) in [5.74, 6) is 0.177. The van der Waals surface area contributed by atoms with Gasteiger partial charge in [0.05, 0.1) is 25.7 Å². The van der Waals surface area contributed by atoms with Crippen molar-refractivity contribution in [2.24, 2.45) is 0 Å². The smallest absolute Gasteiger partial charge is 0.244 e. The number of benzene rings is 1. The maximum atomic E-state index is 12.9. The molecular formula is C15H19N3O6S. The number of ether oxygens (including phenoxy) is 2.